The highest BCUT2D eigenvalue weighted by Gasteiger charge is 2.34. The van der Waals surface area contributed by atoms with E-state index in [0.29, 0.717) is 35.0 Å². The van der Waals surface area contributed by atoms with Gasteiger partial charge in [-0.15, -0.1) is 0 Å². The molecule has 0 aliphatic carbocycles. The number of amides is 1. The minimum absolute atomic E-state index is 0.0713. The molecule has 3 aromatic carbocycles. The number of sulfonamides is 1. The van der Waals surface area contributed by atoms with E-state index in [0.717, 1.165) is 27.7 Å². The summed E-state index contributed by atoms with van der Waals surface area (Å²) in [6, 6.07) is 18.8. The summed E-state index contributed by atoms with van der Waals surface area (Å²) in [4.78, 5) is 14.5. The molecule has 196 valence electrons. The lowest BCUT2D eigenvalue weighted by Crippen LogP contribution is -2.37. The fourth-order valence-electron chi connectivity index (χ4n) is 4.68. The minimum Gasteiger partial charge on any atom is -0.302 e. The van der Waals surface area contributed by atoms with Gasteiger partial charge in [0.15, 0.2) is 0 Å². The molecule has 0 N–H and O–H groups in total. The monoisotopic (exact) mass is 536 g/mol. The maximum absolute atomic E-state index is 14.4. The molecule has 0 radical (unpaired) electrons. The Labute approximate surface area is 220 Å². The lowest BCUT2D eigenvalue weighted by atomic mass is 10.1. The molecular weight excluding hydrogens is 510 g/mol. The third-order valence-electron chi connectivity index (χ3n) is 6.72. The molecule has 5 rings (SSSR count). The van der Waals surface area contributed by atoms with Crippen molar-refractivity contribution < 1.29 is 22.0 Å². The first-order chi connectivity index (χ1) is 18.1. The Kier molecular flexibility index (Phi) is 6.85. The lowest BCUT2D eigenvalue weighted by Gasteiger charge is -2.28. The summed E-state index contributed by atoms with van der Waals surface area (Å²) in [5.74, 6) is -2.07. The first-order valence-corrected chi connectivity index (χ1v) is 13.5. The third-order valence-corrected chi connectivity index (χ3v) is 8.58. The third kappa shape index (κ3) is 4.84. The summed E-state index contributed by atoms with van der Waals surface area (Å²) in [7, 11) is -2.54. The van der Waals surface area contributed by atoms with Crippen LogP contribution in [0.1, 0.15) is 32.9 Å². The van der Waals surface area contributed by atoms with Crippen LogP contribution in [0.2, 0.25) is 0 Å². The molecule has 4 aromatic rings. The number of anilines is 1. The van der Waals surface area contributed by atoms with Crippen LogP contribution in [0.3, 0.4) is 0 Å². The maximum atomic E-state index is 14.4. The number of para-hydroxylation sites is 1. The molecule has 0 saturated heterocycles. The summed E-state index contributed by atoms with van der Waals surface area (Å²) in [5, 5.41) is 4.64. The molecule has 0 fully saturated rings. The molecule has 1 amide bonds. The van der Waals surface area contributed by atoms with Gasteiger partial charge in [-0.3, -0.25) is 9.48 Å². The molecule has 0 spiro atoms. The van der Waals surface area contributed by atoms with Crippen LogP contribution in [0.4, 0.5) is 14.5 Å². The number of hydrogen-bond donors (Lipinski definition) is 0. The van der Waals surface area contributed by atoms with Crippen LogP contribution in [0.15, 0.2) is 77.7 Å². The maximum Gasteiger partial charge on any atom is 0.258 e. The fourth-order valence-corrected chi connectivity index (χ4v) is 6.17. The molecule has 7 nitrogen and oxygen atoms in total. The van der Waals surface area contributed by atoms with Gasteiger partial charge in [-0.2, -0.15) is 9.40 Å². The molecule has 0 saturated carbocycles. The topological polar surface area (TPSA) is 75.5 Å². The summed E-state index contributed by atoms with van der Waals surface area (Å²) < 4.78 is 57.6. The van der Waals surface area contributed by atoms with E-state index >= 15 is 0 Å². The smallest absolute Gasteiger partial charge is 0.258 e. The highest BCUT2D eigenvalue weighted by molar-refractivity contribution is 7.89. The van der Waals surface area contributed by atoms with Crippen molar-refractivity contribution >= 4 is 21.6 Å². The normalized spacial score (nSPS) is 13.8. The van der Waals surface area contributed by atoms with Crippen molar-refractivity contribution in [1.29, 1.82) is 0 Å². The predicted octanol–water partition coefficient (Wildman–Crippen LogP) is 4.60. The van der Waals surface area contributed by atoms with Crippen LogP contribution in [0.5, 0.6) is 0 Å². The Balaban J connectivity index is 1.50. The van der Waals surface area contributed by atoms with Gasteiger partial charge in [0.05, 0.1) is 12.2 Å². The van der Waals surface area contributed by atoms with E-state index in [9.17, 15) is 22.0 Å². The van der Waals surface area contributed by atoms with Crippen LogP contribution in [-0.2, 0) is 36.6 Å². The van der Waals surface area contributed by atoms with E-state index in [-0.39, 0.29) is 25.5 Å². The summed E-state index contributed by atoms with van der Waals surface area (Å²) in [6.45, 7) is 2.06. The number of nitrogens with zero attached hydrogens (tertiary/aromatic N) is 4. The Bertz CT molecular complexity index is 1600. The first-order valence-electron chi connectivity index (χ1n) is 12.1. The number of carbonyl (C=O) groups is 1. The van der Waals surface area contributed by atoms with E-state index in [1.54, 1.807) is 28.8 Å². The second kappa shape index (κ2) is 10.1. The second-order valence-electron chi connectivity index (χ2n) is 9.25. The van der Waals surface area contributed by atoms with Crippen LogP contribution < -0.4 is 4.90 Å². The quantitative estimate of drug-likeness (QED) is 0.361. The van der Waals surface area contributed by atoms with Crippen LogP contribution in [0.25, 0.3) is 0 Å². The standard InChI is InChI=1S/C28H26F2N4O3S/c1-19-8-10-20(11-9-19)28(35)34(22-6-4-3-5-7-22)18-25-23-17-33(15-14-26(23)32(2)31-25)38(36,37)27-16-21(29)12-13-24(27)30/h3-13,16H,14-15,17-18H2,1-2H3. The highest BCUT2D eigenvalue weighted by Crippen LogP contribution is 2.30. The number of carbonyl (C=O) groups excluding carboxylic acids is 1. The van der Waals surface area contributed by atoms with E-state index in [1.807, 2.05) is 49.4 Å². The van der Waals surface area contributed by atoms with Crippen molar-refractivity contribution in [2.24, 2.45) is 7.05 Å². The van der Waals surface area contributed by atoms with Gasteiger partial charge in [-0.1, -0.05) is 35.9 Å². The average molecular weight is 537 g/mol. The number of benzene rings is 3. The van der Waals surface area contributed by atoms with Crippen molar-refractivity contribution in [2.45, 2.75) is 31.3 Å². The average Bonchev–Trinajstić information content (AvgIpc) is 3.23. The van der Waals surface area contributed by atoms with Crippen molar-refractivity contribution in [1.82, 2.24) is 14.1 Å². The predicted molar refractivity (Wildman–Crippen MR) is 139 cm³/mol. The van der Waals surface area contributed by atoms with E-state index in [4.69, 9.17) is 0 Å². The number of halogens is 2. The largest absolute Gasteiger partial charge is 0.302 e. The van der Waals surface area contributed by atoms with Crippen molar-refractivity contribution in [3.8, 4) is 0 Å². The number of fused-ring (bicyclic) bond motifs is 1. The highest BCUT2D eigenvalue weighted by atomic mass is 32.2. The molecule has 1 aliphatic rings. The fraction of sp³-hybridized carbons (Fsp3) is 0.214. The molecular formula is C28H26F2N4O3S. The SMILES string of the molecule is Cc1ccc(C(=O)N(Cc2nn(C)c3c2CN(S(=O)(=O)c2cc(F)ccc2F)CC3)c2ccccc2)cc1. The van der Waals surface area contributed by atoms with E-state index < -0.39 is 26.6 Å². The molecule has 0 bridgehead atoms. The van der Waals surface area contributed by atoms with Gasteiger partial charge in [-0.05, 0) is 49.4 Å². The summed E-state index contributed by atoms with van der Waals surface area (Å²) in [6.07, 6.45) is 0.340. The number of aryl methyl sites for hydroxylation is 2. The minimum atomic E-state index is -4.31. The summed E-state index contributed by atoms with van der Waals surface area (Å²) in [5.41, 5.74) is 4.22. The van der Waals surface area contributed by atoms with Gasteiger partial charge in [-0.25, -0.2) is 17.2 Å². The van der Waals surface area contributed by atoms with Gasteiger partial charge >= 0.3 is 0 Å². The van der Waals surface area contributed by atoms with Crippen LogP contribution >= 0.6 is 0 Å². The van der Waals surface area contributed by atoms with Crippen LogP contribution in [0, 0.1) is 18.6 Å². The summed E-state index contributed by atoms with van der Waals surface area (Å²) >= 11 is 0. The molecule has 1 aliphatic heterocycles. The lowest BCUT2D eigenvalue weighted by molar-refractivity contribution is 0.0984. The first kappa shape index (κ1) is 25.7. The number of hydrogen-bond acceptors (Lipinski definition) is 4. The molecule has 2 heterocycles. The van der Waals surface area contributed by atoms with E-state index in [1.165, 1.54) is 0 Å². The van der Waals surface area contributed by atoms with Gasteiger partial charge in [0.1, 0.15) is 16.5 Å². The molecule has 0 atom stereocenters. The van der Waals surface area contributed by atoms with E-state index in [2.05, 4.69) is 5.10 Å². The molecule has 10 heteroatoms. The second-order valence-corrected chi connectivity index (χ2v) is 11.2. The van der Waals surface area contributed by atoms with Crippen molar-refractivity contribution in [3.05, 3.63) is 113 Å². The van der Waals surface area contributed by atoms with Crippen LogP contribution in [-0.4, -0.2) is 35.0 Å². The van der Waals surface area contributed by atoms with Crippen molar-refractivity contribution in [3.63, 3.8) is 0 Å². The Hall–Kier alpha value is -3.89. The van der Waals surface area contributed by atoms with Gasteiger partial charge in [0, 0.05) is 49.1 Å². The zero-order valence-electron chi connectivity index (χ0n) is 20.9. The molecule has 1 aromatic heterocycles. The Morgan fingerprint density at radius 2 is 1.74 bits per heavy atom. The van der Waals surface area contributed by atoms with Crippen molar-refractivity contribution in [2.75, 3.05) is 11.4 Å². The van der Waals surface area contributed by atoms with Gasteiger partial charge < -0.3 is 4.90 Å². The molecule has 38 heavy (non-hydrogen) atoms. The number of rotatable bonds is 6. The molecule has 0 unspecified atom stereocenters. The number of aromatic nitrogens is 2. The van der Waals surface area contributed by atoms with Gasteiger partial charge in [0.2, 0.25) is 10.0 Å². The zero-order valence-corrected chi connectivity index (χ0v) is 21.8. The Morgan fingerprint density at radius 3 is 2.45 bits per heavy atom. The Morgan fingerprint density at radius 1 is 1.03 bits per heavy atom. The zero-order chi connectivity index (χ0) is 27.0. The van der Waals surface area contributed by atoms with Gasteiger partial charge in [0.25, 0.3) is 5.91 Å².